The number of aromatic amines is 1. The van der Waals surface area contributed by atoms with E-state index in [1.807, 2.05) is 72.8 Å². The zero-order chi connectivity index (χ0) is 33.9. The molecule has 3 amide bonds. The summed E-state index contributed by atoms with van der Waals surface area (Å²) in [5, 5.41) is 8.80. The average molecular weight is 652 g/mol. The first-order valence-electron chi connectivity index (χ1n) is 16.6. The van der Waals surface area contributed by atoms with Gasteiger partial charge in [-0.2, -0.15) is 0 Å². The molecule has 2 aliphatic heterocycles. The molecule has 0 aliphatic carbocycles. The van der Waals surface area contributed by atoms with Gasteiger partial charge in [0.05, 0.1) is 25.0 Å². The summed E-state index contributed by atoms with van der Waals surface area (Å²) >= 11 is 0. The van der Waals surface area contributed by atoms with E-state index in [2.05, 4.69) is 49.4 Å². The zero-order valence-corrected chi connectivity index (χ0v) is 27.9. The number of hydrogen-bond acceptors (Lipinski definition) is 7. The third kappa shape index (κ3) is 8.60. The monoisotopic (exact) mass is 651 g/mol. The van der Waals surface area contributed by atoms with Crippen LogP contribution in [0.4, 0.5) is 16.2 Å². The fourth-order valence-corrected chi connectivity index (χ4v) is 5.86. The zero-order valence-electron chi connectivity index (χ0n) is 27.9. The Morgan fingerprint density at radius 3 is 2.15 bits per heavy atom. The minimum atomic E-state index is -0.631. The van der Waals surface area contributed by atoms with Crippen LogP contribution in [0.2, 0.25) is 0 Å². The Labute approximate surface area is 282 Å². The smallest absolute Gasteiger partial charge is 0.407 e. The molecule has 48 heavy (non-hydrogen) atoms. The molecule has 0 saturated carbocycles. The van der Waals surface area contributed by atoms with Gasteiger partial charge in [-0.15, -0.1) is 0 Å². The number of likely N-dealkylation sites (tertiary alicyclic amines) is 1. The van der Waals surface area contributed by atoms with Crippen molar-refractivity contribution < 1.29 is 19.1 Å². The Hall–Kier alpha value is -5.16. The molecule has 1 aromatic heterocycles. The van der Waals surface area contributed by atoms with Crippen LogP contribution in [-0.4, -0.2) is 79.2 Å². The Morgan fingerprint density at radius 2 is 1.50 bits per heavy atom. The number of rotatable bonds is 8. The van der Waals surface area contributed by atoms with Crippen LogP contribution in [0.25, 0.3) is 22.4 Å². The molecule has 6 rings (SSSR count). The van der Waals surface area contributed by atoms with E-state index in [9.17, 15) is 14.4 Å². The van der Waals surface area contributed by atoms with Gasteiger partial charge in [0.15, 0.2) is 0 Å². The van der Waals surface area contributed by atoms with Crippen molar-refractivity contribution in [3.05, 3.63) is 90.4 Å². The van der Waals surface area contributed by atoms with E-state index >= 15 is 0 Å². The molecule has 4 aromatic rings. The number of ether oxygens (including phenoxy) is 1. The van der Waals surface area contributed by atoms with E-state index in [0.717, 1.165) is 78.6 Å². The second-order valence-corrected chi connectivity index (χ2v) is 11.9. The Kier molecular flexibility index (Phi) is 11.8. The fourth-order valence-electron chi connectivity index (χ4n) is 5.86. The fraction of sp³-hybridized carbons (Fsp3) is 0.351. The maximum atomic E-state index is 12.8. The molecule has 4 N–H and O–H groups in total. The number of nitrogens with one attached hydrogen (secondary N) is 4. The SMILES string of the molecule is CCC.COC(=O)NCC(=O)N1CCCC1c1ncc(-c2ccc(-c3ccc(NC(=O)c4ccc(N5CCNCC5)cc4)cc3)cc2)[nH]1. The Morgan fingerprint density at radius 1 is 0.875 bits per heavy atom. The van der Waals surface area contributed by atoms with Gasteiger partial charge in [0.1, 0.15) is 12.4 Å². The number of methoxy groups -OCH3 is 1. The topological polar surface area (TPSA) is 132 Å². The predicted molar refractivity (Wildman–Crippen MR) is 189 cm³/mol. The molecule has 11 nitrogen and oxygen atoms in total. The highest BCUT2D eigenvalue weighted by molar-refractivity contribution is 6.04. The second kappa shape index (κ2) is 16.6. The minimum absolute atomic E-state index is 0.114. The lowest BCUT2D eigenvalue weighted by Crippen LogP contribution is -2.43. The van der Waals surface area contributed by atoms with Gasteiger partial charge in [-0.05, 0) is 65.9 Å². The van der Waals surface area contributed by atoms with Crippen LogP contribution < -0.4 is 20.9 Å². The highest BCUT2D eigenvalue weighted by Crippen LogP contribution is 2.32. The standard InChI is InChI=1S/C34H37N7O4.C3H8/c1-45-34(44)37-22-31(42)41-18-2-3-30(41)32-36-21-29(39-32)25-6-4-23(5-7-25)24-8-12-27(13-9-24)38-33(43)26-10-14-28(15-11-26)40-19-16-35-17-20-40;1-3-2/h4-15,21,30,35H,2-3,16-20,22H2,1H3,(H,36,39)(H,37,44)(H,38,43);3H2,1-2H3. The predicted octanol–water partition coefficient (Wildman–Crippen LogP) is 5.84. The van der Waals surface area contributed by atoms with Gasteiger partial charge in [-0.3, -0.25) is 9.59 Å². The highest BCUT2D eigenvalue weighted by atomic mass is 16.5. The van der Waals surface area contributed by atoms with Gasteiger partial charge in [0, 0.05) is 49.7 Å². The van der Waals surface area contributed by atoms with E-state index in [1.165, 1.54) is 13.5 Å². The lowest BCUT2D eigenvalue weighted by Gasteiger charge is -2.29. The Balaban J connectivity index is 0.00000145. The summed E-state index contributed by atoms with van der Waals surface area (Å²) in [4.78, 5) is 48.9. The highest BCUT2D eigenvalue weighted by Gasteiger charge is 2.32. The number of benzene rings is 3. The minimum Gasteiger partial charge on any atom is -0.453 e. The largest absolute Gasteiger partial charge is 0.453 e. The van der Waals surface area contributed by atoms with Crippen molar-refractivity contribution in [3.8, 4) is 22.4 Å². The number of anilines is 2. The molecule has 0 spiro atoms. The van der Waals surface area contributed by atoms with E-state index in [0.29, 0.717) is 12.1 Å². The molecule has 1 atom stereocenters. The maximum Gasteiger partial charge on any atom is 0.407 e. The number of H-pyrrole nitrogens is 1. The first-order valence-corrected chi connectivity index (χ1v) is 16.6. The number of aromatic nitrogens is 2. The number of carbonyl (C=O) groups excluding carboxylic acids is 3. The van der Waals surface area contributed by atoms with E-state index in [4.69, 9.17) is 0 Å². The van der Waals surface area contributed by atoms with Crippen LogP contribution in [0.3, 0.4) is 0 Å². The van der Waals surface area contributed by atoms with Crippen molar-refractivity contribution >= 4 is 29.3 Å². The molecular formula is C37H45N7O4. The van der Waals surface area contributed by atoms with Crippen molar-refractivity contribution in [2.45, 2.75) is 39.2 Å². The molecule has 0 radical (unpaired) electrons. The van der Waals surface area contributed by atoms with Crippen molar-refractivity contribution in [1.82, 2.24) is 25.5 Å². The van der Waals surface area contributed by atoms with Gasteiger partial charge in [-0.1, -0.05) is 56.7 Å². The summed E-state index contributed by atoms with van der Waals surface area (Å²) in [6.07, 6.45) is 4.07. The number of alkyl carbamates (subject to hydrolysis) is 1. The first kappa shape index (κ1) is 34.2. The quantitative estimate of drug-likeness (QED) is 0.188. The summed E-state index contributed by atoms with van der Waals surface area (Å²) in [5.41, 5.74) is 6.41. The summed E-state index contributed by atoms with van der Waals surface area (Å²) < 4.78 is 4.56. The van der Waals surface area contributed by atoms with E-state index < -0.39 is 6.09 Å². The van der Waals surface area contributed by atoms with Crippen LogP contribution in [0.1, 0.15) is 55.3 Å². The van der Waals surface area contributed by atoms with Crippen LogP contribution in [0, 0.1) is 0 Å². The normalized spacial score (nSPS) is 15.7. The molecule has 2 saturated heterocycles. The van der Waals surface area contributed by atoms with Crippen molar-refractivity contribution in [2.75, 3.05) is 56.6 Å². The lowest BCUT2D eigenvalue weighted by atomic mass is 10.0. The van der Waals surface area contributed by atoms with Crippen LogP contribution >= 0.6 is 0 Å². The van der Waals surface area contributed by atoms with Crippen LogP contribution in [0.15, 0.2) is 79.0 Å². The summed E-state index contributed by atoms with van der Waals surface area (Å²) in [7, 11) is 1.27. The van der Waals surface area contributed by atoms with Crippen molar-refractivity contribution in [3.63, 3.8) is 0 Å². The van der Waals surface area contributed by atoms with E-state index in [-0.39, 0.29) is 24.4 Å². The van der Waals surface area contributed by atoms with Crippen LogP contribution in [0.5, 0.6) is 0 Å². The molecule has 0 bridgehead atoms. The second-order valence-electron chi connectivity index (χ2n) is 11.9. The Bertz CT molecular complexity index is 1650. The summed E-state index contributed by atoms with van der Waals surface area (Å²) in [6, 6.07) is 23.6. The summed E-state index contributed by atoms with van der Waals surface area (Å²) in [6.45, 7) is 8.62. The molecule has 3 aromatic carbocycles. The first-order chi connectivity index (χ1) is 23.4. The third-order valence-corrected chi connectivity index (χ3v) is 8.34. The maximum absolute atomic E-state index is 12.8. The number of hydrogen-bond donors (Lipinski definition) is 4. The summed E-state index contributed by atoms with van der Waals surface area (Å²) in [5.74, 6) is 0.419. The molecule has 252 valence electrons. The van der Waals surface area contributed by atoms with Crippen molar-refractivity contribution in [2.24, 2.45) is 0 Å². The van der Waals surface area contributed by atoms with Crippen LogP contribution in [-0.2, 0) is 9.53 Å². The number of nitrogens with zero attached hydrogens (tertiary/aromatic N) is 3. The van der Waals surface area contributed by atoms with E-state index in [1.54, 1.807) is 11.1 Å². The molecule has 3 heterocycles. The number of amides is 3. The van der Waals surface area contributed by atoms with Gasteiger partial charge in [-0.25, -0.2) is 9.78 Å². The lowest BCUT2D eigenvalue weighted by molar-refractivity contribution is -0.131. The van der Waals surface area contributed by atoms with Crippen molar-refractivity contribution in [1.29, 1.82) is 0 Å². The molecule has 1 unspecified atom stereocenters. The molecular weight excluding hydrogens is 606 g/mol. The molecule has 11 heteroatoms. The number of carbonyl (C=O) groups is 3. The third-order valence-electron chi connectivity index (χ3n) is 8.34. The number of imidazole rings is 1. The number of piperazine rings is 1. The van der Waals surface area contributed by atoms with Gasteiger partial charge in [0.2, 0.25) is 5.91 Å². The van der Waals surface area contributed by atoms with Gasteiger partial charge in [0.25, 0.3) is 5.91 Å². The van der Waals surface area contributed by atoms with Gasteiger partial charge < -0.3 is 35.5 Å². The van der Waals surface area contributed by atoms with Gasteiger partial charge >= 0.3 is 6.09 Å². The molecule has 2 fully saturated rings. The molecule has 2 aliphatic rings. The average Bonchev–Trinajstić information content (AvgIpc) is 3.82.